The van der Waals surface area contributed by atoms with Crippen molar-refractivity contribution in [3.8, 4) is 17.6 Å². The predicted molar refractivity (Wildman–Crippen MR) is 128 cm³/mol. The Hall–Kier alpha value is -4.42. The van der Waals surface area contributed by atoms with Crippen molar-refractivity contribution in [3.05, 3.63) is 75.7 Å². The average molecular weight is 476 g/mol. The number of ether oxygens (including phenoxy) is 3. The molecule has 1 N–H and O–H groups in total. The number of nitrogens with zero attached hydrogens (tertiary/aromatic N) is 1. The Labute approximate surface area is 201 Å². The van der Waals surface area contributed by atoms with Crippen LogP contribution < -0.4 is 20.4 Å². The Balaban J connectivity index is 1.74. The van der Waals surface area contributed by atoms with Gasteiger partial charge in [-0.2, -0.15) is 5.26 Å². The van der Waals surface area contributed by atoms with Crippen LogP contribution in [-0.2, 0) is 9.53 Å². The molecule has 0 saturated carbocycles. The number of hydrogen-bond donors (Lipinski definition) is 1. The van der Waals surface area contributed by atoms with Gasteiger partial charge in [-0.15, -0.1) is 0 Å². The molecule has 0 radical (unpaired) electrons. The summed E-state index contributed by atoms with van der Waals surface area (Å²) < 4.78 is 20.8. The number of fused-ring (bicyclic) bond motifs is 1. The Kier molecular flexibility index (Phi) is 8.76. The normalized spacial score (nSPS) is 11.1. The van der Waals surface area contributed by atoms with Crippen molar-refractivity contribution < 1.29 is 28.2 Å². The quantitative estimate of drug-likeness (QED) is 0.118. The molecule has 0 saturated heterocycles. The monoisotopic (exact) mass is 476 g/mol. The number of nitrogens with one attached hydrogen (secondary N) is 1. The summed E-state index contributed by atoms with van der Waals surface area (Å²) in [6, 6.07) is 14.5. The van der Waals surface area contributed by atoms with E-state index in [1.165, 1.54) is 24.3 Å². The lowest BCUT2D eigenvalue weighted by Gasteiger charge is -2.07. The first kappa shape index (κ1) is 25.2. The molecule has 3 aromatic rings. The third-order valence-corrected chi connectivity index (χ3v) is 4.82. The molecule has 3 rings (SSSR count). The first-order valence-corrected chi connectivity index (χ1v) is 10.9. The zero-order valence-corrected chi connectivity index (χ0v) is 19.3. The smallest absolute Gasteiger partial charge is 0.354 e. The van der Waals surface area contributed by atoms with Crippen LogP contribution in [0.4, 0.5) is 0 Å². The molecule has 180 valence electrons. The van der Waals surface area contributed by atoms with E-state index in [-0.39, 0.29) is 22.5 Å². The number of carbonyl (C=O) groups is 2. The summed E-state index contributed by atoms with van der Waals surface area (Å²) in [6.45, 7) is 3.23. The van der Waals surface area contributed by atoms with Crippen molar-refractivity contribution in [2.24, 2.45) is 0 Å². The highest BCUT2D eigenvalue weighted by Gasteiger charge is 2.16. The second kappa shape index (κ2) is 12.2. The molecule has 0 aliphatic rings. The van der Waals surface area contributed by atoms with E-state index in [2.05, 4.69) is 5.32 Å². The first-order valence-electron chi connectivity index (χ1n) is 10.9. The van der Waals surface area contributed by atoms with Crippen molar-refractivity contribution in [3.63, 3.8) is 0 Å². The Morgan fingerprint density at radius 1 is 1.11 bits per heavy atom. The Bertz CT molecular complexity index is 1330. The van der Waals surface area contributed by atoms with Crippen LogP contribution in [0.1, 0.15) is 29.3 Å². The highest BCUT2D eigenvalue weighted by molar-refractivity contribution is 5.99. The fourth-order valence-corrected chi connectivity index (χ4v) is 3.12. The lowest BCUT2D eigenvalue weighted by molar-refractivity contribution is -0.129. The number of amides is 1. The van der Waals surface area contributed by atoms with Crippen LogP contribution in [0.25, 0.3) is 17.0 Å². The molecule has 35 heavy (non-hydrogen) atoms. The first-order chi connectivity index (χ1) is 16.9. The maximum atomic E-state index is 12.5. The number of hydrogen-bond acceptors (Lipinski definition) is 8. The van der Waals surface area contributed by atoms with Gasteiger partial charge in [0.1, 0.15) is 34.3 Å². The summed E-state index contributed by atoms with van der Waals surface area (Å²) in [5, 5.41) is 12.5. The Morgan fingerprint density at radius 2 is 1.86 bits per heavy atom. The van der Waals surface area contributed by atoms with Crippen molar-refractivity contribution >= 4 is 28.9 Å². The third kappa shape index (κ3) is 6.79. The SMILES string of the molecule is CCOc1ccc(/C=C(\C#N)C(=O)Oc2ccc3cc(C(=O)NCCCOC)c(=O)oc3c2)cc1. The summed E-state index contributed by atoms with van der Waals surface area (Å²) in [7, 11) is 1.56. The van der Waals surface area contributed by atoms with Gasteiger partial charge in [-0.25, -0.2) is 9.59 Å². The van der Waals surface area contributed by atoms with E-state index in [4.69, 9.17) is 18.6 Å². The van der Waals surface area contributed by atoms with E-state index >= 15 is 0 Å². The molecule has 2 aromatic carbocycles. The molecular formula is C26H24N2O7. The van der Waals surface area contributed by atoms with Gasteiger partial charge in [-0.3, -0.25) is 4.79 Å². The molecule has 0 fully saturated rings. The van der Waals surface area contributed by atoms with Gasteiger partial charge in [0.25, 0.3) is 5.91 Å². The predicted octanol–water partition coefficient (Wildman–Crippen LogP) is 3.47. The molecule has 0 atom stereocenters. The summed E-state index contributed by atoms with van der Waals surface area (Å²) in [4.78, 5) is 37.1. The lowest BCUT2D eigenvalue weighted by Crippen LogP contribution is -2.29. The van der Waals surface area contributed by atoms with E-state index in [1.54, 1.807) is 37.4 Å². The average Bonchev–Trinajstić information content (AvgIpc) is 2.85. The standard InChI is InChI=1S/C26H24N2O7/c1-3-33-20-8-5-17(6-9-20)13-19(16-27)25(30)34-21-10-7-18-14-22(26(31)35-23(18)15-21)24(29)28-11-4-12-32-2/h5-10,13-15H,3-4,11-12H2,1-2H3,(H,28,29)/b19-13+. The van der Waals surface area contributed by atoms with Gasteiger partial charge < -0.3 is 23.9 Å². The summed E-state index contributed by atoms with van der Waals surface area (Å²) in [5.41, 5.74) is -0.413. The fourth-order valence-electron chi connectivity index (χ4n) is 3.12. The molecule has 0 bridgehead atoms. The molecule has 1 amide bonds. The molecular weight excluding hydrogens is 452 g/mol. The lowest BCUT2D eigenvalue weighted by atomic mass is 10.1. The van der Waals surface area contributed by atoms with Crippen LogP contribution in [0.3, 0.4) is 0 Å². The van der Waals surface area contributed by atoms with E-state index in [0.29, 0.717) is 42.9 Å². The highest BCUT2D eigenvalue weighted by Crippen LogP contribution is 2.22. The molecule has 0 aliphatic carbocycles. The van der Waals surface area contributed by atoms with Crippen LogP contribution in [-0.4, -0.2) is 38.7 Å². The maximum absolute atomic E-state index is 12.5. The fraction of sp³-hybridized carbons (Fsp3) is 0.231. The topological polar surface area (TPSA) is 128 Å². The van der Waals surface area contributed by atoms with Gasteiger partial charge in [-0.05, 0) is 55.3 Å². The van der Waals surface area contributed by atoms with Crippen molar-refractivity contribution in [1.82, 2.24) is 5.32 Å². The molecule has 0 unspecified atom stereocenters. The number of carbonyl (C=O) groups excluding carboxylic acids is 2. The van der Waals surface area contributed by atoms with E-state index in [0.717, 1.165) is 0 Å². The number of benzene rings is 2. The summed E-state index contributed by atoms with van der Waals surface area (Å²) in [5.74, 6) is -0.661. The molecule has 0 aliphatic heterocycles. The molecule has 1 heterocycles. The van der Waals surface area contributed by atoms with Gasteiger partial charge in [0.2, 0.25) is 0 Å². The number of esters is 1. The van der Waals surface area contributed by atoms with E-state index in [1.807, 2.05) is 13.0 Å². The molecule has 9 nitrogen and oxygen atoms in total. The molecule has 0 spiro atoms. The number of methoxy groups -OCH3 is 1. The van der Waals surface area contributed by atoms with Crippen LogP contribution in [0, 0.1) is 11.3 Å². The van der Waals surface area contributed by atoms with Crippen LogP contribution >= 0.6 is 0 Å². The zero-order valence-electron chi connectivity index (χ0n) is 19.3. The van der Waals surface area contributed by atoms with Gasteiger partial charge >= 0.3 is 11.6 Å². The minimum Gasteiger partial charge on any atom is -0.494 e. The van der Waals surface area contributed by atoms with Crippen molar-refractivity contribution in [2.75, 3.05) is 26.9 Å². The van der Waals surface area contributed by atoms with Gasteiger partial charge in [0, 0.05) is 31.7 Å². The summed E-state index contributed by atoms with van der Waals surface area (Å²) in [6.07, 6.45) is 2.00. The van der Waals surface area contributed by atoms with E-state index < -0.39 is 17.5 Å². The second-order valence-electron chi connectivity index (χ2n) is 7.31. The molecule has 1 aromatic heterocycles. The largest absolute Gasteiger partial charge is 0.494 e. The zero-order chi connectivity index (χ0) is 25.2. The van der Waals surface area contributed by atoms with Crippen molar-refractivity contribution in [1.29, 1.82) is 5.26 Å². The maximum Gasteiger partial charge on any atom is 0.354 e. The van der Waals surface area contributed by atoms with Crippen LogP contribution in [0.5, 0.6) is 11.5 Å². The highest BCUT2D eigenvalue weighted by atomic mass is 16.5. The van der Waals surface area contributed by atoms with Crippen molar-refractivity contribution in [2.45, 2.75) is 13.3 Å². The number of rotatable bonds is 10. The van der Waals surface area contributed by atoms with Gasteiger partial charge in [-0.1, -0.05) is 12.1 Å². The molecule has 9 heteroatoms. The second-order valence-corrected chi connectivity index (χ2v) is 7.31. The van der Waals surface area contributed by atoms with Crippen LogP contribution in [0.2, 0.25) is 0 Å². The minimum atomic E-state index is -0.866. The minimum absolute atomic E-state index is 0.0789. The van der Waals surface area contributed by atoms with E-state index in [9.17, 15) is 19.6 Å². The summed E-state index contributed by atoms with van der Waals surface area (Å²) >= 11 is 0. The third-order valence-electron chi connectivity index (χ3n) is 4.82. The number of nitriles is 1. The van der Waals surface area contributed by atoms with Crippen LogP contribution in [0.15, 0.2) is 63.3 Å². The van der Waals surface area contributed by atoms with Gasteiger partial charge in [0.05, 0.1) is 6.61 Å². The Morgan fingerprint density at radius 3 is 2.54 bits per heavy atom. The van der Waals surface area contributed by atoms with Gasteiger partial charge in [0.15, 0.2) is 0 Å².